The summed E-state index contributed by atoms with van der Waals surface area (Å²) in [6, 6.07) is 9.67. The van der Waals surface area contributed by atoms with E-state index in [9.17, 15) is 14.4 Å². The van der Waals surface area contributed by atoms with Gasteiger partial charge in [-0.15, -0.1) is 0 Å². The molecule has 7 heteroatoms. The number of benzene rings is 1. The zero-order valence-corrected chi connectivity index (χ0v) is 13.8. The Balaban J connectivity index is 1.64. The van der Waals surface area contributed by atoms with Gasteiger partial charge in [0.15, 0.2) is 5.78 Å². The lowest BCUT2D eigenvalue weighted by atomic mass is 10.1. The van der Waals surface area contributed by atoms with E-state index in [2.05, 4.69) is 5.32 Å². The number of carbonyl (C=O) groups is 3. The Labute approximate surface area is 144 Å². The second-order valence-corrected chi connectivity index (χ2v) is 5.38. The van der Waals surface area contributed by atoms with E-state index in [0.29, 0.717) is 30.1 Å². The van der Waals surface area contributed by atoms with Crippen molar-refractivity contribution in [2.24, 2.45) is 0 Å². The Kier molecular flexibility index (Phi) is 6.33. The molecule has 0 aliphatic carbocycles. The number of hydrogen-bond acceptors (Lipinski definition) is 5. The van der Waals surface area contributed by atoms with Crippen molar-refractivity contribution in [1.82, 2.24) is 5.32 Å². The van der Waals surface area contributed by atoms with Crippen LogP contribution in [0.25, 0.3) is 0 Å². The Morgan fingerprint density at radius 2 is 1.84 bits per heavy atom. The highest BCUT2D eigenvalue weighted by atomic mass is 16.5. The van der Waals surface area contributed by atoms with Crippen LogP contribution < -0.4 is 10.1 Å². The van der Waals surface area contributed by atoms with Crippen LogP contribution in [0.5, 0.6) is 5.75 Å². The molecule has 0 fully saturated rings. The number of Topliss-reactive ketones (excluding diaryl/α,β-unsaturated/α-hetero) is 1. The summed E-state index contributed by atoms with van der Waals surface area (Å²) in [5, 5.41) is 11.4. The van der Waals surface area contributed by atoms with Crippen molar-refractivity contribution in [2.45, 2.75) is 26.3 Å². The Morgan fingerprint density at radius 3 is 2.44 bits per heavy atom. The van der Waals surface area contributed by atoms with Gasteiger partial charge in [0.1, 0.15) is 11.5 Å². The highest BCUT2D eigenvalue weighted by molar-refractivity contribution is 5.94. The third-order valence-electron chi connectivity index (χ3n) is 3.41. The van der Waals surface area contributed by atoms with Crippen LogP contribution in [0, 0.1) is 0 Å². The number of nitrogens with one attached hydrogen (secondary N) is 1. The van der Waals surface area contributed by atoms with Gasteiger partial charge in [-0.2, -0.15) is 0 Å². The largest absolute Gasteiger partial charge is 0.494 e. The third kappa shape index (κ3) is 5.80. The molecule has 1 amide bonds. The second-order valence-electron chi connectivity index (χ2n) is 5.38. The predicted octanol–water partition coefficient (Wildman–Crippen LogP) is 2.66. The molecule has 0 unspecified atom stereocenters. The van der Waals surface area contributed by atoms with Gasteiger partial charge in [-0.05, 0) is 49.7 Å². The summed E-state index contributed by atoms with van der Waals surface area (Å²) in [6.07, 6.45) is 0.802. The molecule has 2 rings (SSSR count). The highest BCUT2D eigenvalue weighted by Crippen LogP contribution is 2.13. The zero-order chi connectivity index (χ0) is 18.2. The van der Waals surface area contributed by atoms with E-state index in [1.807, 2.05) is 0 Å². The summed E-state index contributed by atoms with van der Waals surface area (Å²) < 4.78 is 10.6. The number of ether oxygens (including phenoxy) is 1. The van der Waals surface area contributed by atoms with Crippen molar-refractivity contribution in [1.29, 1.82) is 0 Å². The monoisotopic (exact) mass is 345 g/mol. The number of amides is 1. The topological polar surface area (TPSA) is 106 Å². The molecule has 0 spiro atoms. The van der Waals surface area contributed by atoms with Gasteiger partial charge in [0.05, 0.1) is 13.2 Å². The van der Waals surface area contributed by atoms with Gasteiger partial charge in [-0.3, -0.25) is 9.59 Å². The number of carboxylic acids is 1. The number of carbonyl (C=O) groups excluding carboxylic acids is 2. The van der Waals surface area contributed by atoms with Gasteiger partial charge in [0.2, 0.25) is 11.7 Å². The Morgan fingerprint density at radius 1 is 1.12 bits per heavy atom. The molecule has 0 saturated heterocycles. The van der Waals surface area contributed by atoms with Crippen LogP contribution in [0.2, 0.25) is 0 Å². The molecule has 1 aromatic carbocycles. The maximum atomic E-state index is 11.7. The number of furan rings is 1. The smallest absolute Gasteiger partial charge is 0.371 e. The summed E-state index contributed by atoms with van der Waals surface area (Å²) in [6.45, 7) is 2.01. The van der Waals surface area contributed by atoms with E-state index in [0.717, 1.165) is 0 Å². The molecule has 25 heavy (non-hydrogen) atoms. The molecule has 132 valence electrons. The summed E-state index contributed by atoms with van der Waals surface area (Å²) >= 11 is 0. The lowest BCUT2D eigenvalue weighted by Gasteiger charge is -2.07. The molecule has 0 aliphatic heterocycles. The minimum Gasteiger partial charge on any atom is -0.494 e. The summed E-state index contributed by atoms with van der Waals surface area (Å²) in [4.78, 5) is 33.6. The Hall–Kier alpha value is -3.09. The molecule has 7 nitrogen and oxygen atoms in total. The van der Waals surface area contributed by atoms with Crippen molar-refractivity contribution in [3.8, 4) is 5.75 Å². The lowest BCUT2D eigenvalue weighted by Crippen LogP contribution is -2.22. The molecule has 0 atom stereocenters. The standard InChI is InChI=1S/C18H19NO6/c1-12(20)13-4-6-14(7-5-13)24-10-2-3-17(21)19-11-15-8-9-16(25-15)18(22)23/h4-9H,2-3,10-11H2,1H3,(H,19,21)(H,22,23). The van der Waals surface area contributed by atoms with E-state index in [1.165, 1.54) is 19.1 Å². The van der Waals surface area contributed by atoms with Crippen molar-refractivity contribution in [2.75, 3.05) is 6.61 Å². The first-order valence-electron chi connectivity index (χ1n) is 7.78. The van der Waals surface area contributed by atoms with E-state index in [-0.39, 0.29) is 30.4 Å². The SMILES string of the molecule is CC(=O)c1ccc(OCCCC(=O)NCc2ccc(C(=O)O)o2)cc1. The summed E-state index contributed by atoms with van der Waals surface area (Å²) in [7, 11) is 0. The van der Waals surface area contributed by atoms with Crippen LogP contribution in [0.15, 0.2) is 40.8 Å². The molecular formula is C18H19NO6. The number of carboxylic acid groups (broad SMARTS) is 1. The van der Waals surface area contributed by atoms with Crippen molar-refractivity contribution >= 4 is 17.7 Å². The average Bonchev–Trinajstić information content (AvgIpc) is 3.06. The maximum Gasteiger partial charge on any atom is 0.371 e. The van der Waals surface area contributed by atoms with E-state index >= 15 is 0 Å². The molecule has 1 heterocycles. The molecule has 2 aromatic rings. The normalized spacial score (nSPS) is 10.3. The van der Waals surface area contributed by atoms with Crippen LogP contribution in [-0.2, 0) is 11.3 Å². The lowest BCUT2D eigenvalue weighted by molar-refractivity contribution is -0.121. The van der Waals surface area contributed by atoms with Crippen molar-refractivity contribution in [3.63, 3.8) is 0 Å². The minimum absolute atomic E-state index is 0.00439. The molecule has 0 aliphatic rings. The van der Waals surface area contributed by atoms with Crippen molar-refractivity contribution in [3.05, 3.63) is 53.5 Å². The van der Waals surface area contributed by atoms with Crippen LogP contribution in [0.3, 0.4) is 0 Å². The van der Waals surface area contributed by atoms with Gasteiger partial charge < -0.3 is 19.6 Å². The first-order valence-corrected chi connectivity index (χ1v) is 7.78. The second kappa shape index (κ2) is 8.68. The molecule has 2 N–H and O–H groups in total. The van der Waals surface area contributed by atoms with Gasteiger partial charge in [0.25, 0.3) is 0 Å². The van der Waals surface area contributed by atoms with Gasteiger partial charge >= 0.3 is 5.97 Å². The molecule has 0 bridgehead atoms. The number of hydrogen-bond donors (Lipinski definition) is 2. The molecule has 0 radical (unpaired) electrons. The Bertz CT molecular complexity index is 747. The van der Waals surface area contributed by atoms with E-state index in [4.69, 9.17) is 14.3 Å². The van der Waals surface area contributed by atoms with Crippen LogP contribution in [-0.4, -0.2) is 29.4 Å². The van der Waals surface area contributed by atoms with Gasteiger partial charge in [-0.1, -0.05) is 0 Å². The van der Waals surface area contributed by atoms with Crippen LogP contribution in [0.4, 0.5) is 0 Å². The first kappa shape index (κ1) is 18.3. The zero-order valence-electron chi connectivity index (χ0n) is 13.8. The maximum absolute atomic E-state index is 11.7. The predicted molar refractivity (Wildman–Crippen MR) is 88.7 cm³/mol. The molecular weight excluding hydrogens is 326 g/mol. The minimum atomic E-state index is -1.15. The highest BCUT2D eigenvalue weighted by Gasteiger charge is 2.09. The quantitative estimate of drug-likeness (QED) is 0.534. The fourth-order valence-electron chi connectivity index (χ4n) is 2.07. The van der Waals surface area contributed by atoms with Gasteiger partial charge in [0, 0.05) is 12.0 Å². The number of aromatic carboxylic acids is 1. The third-order valence-corrected chi connectivity index (χ3v) is 3.41. The van der Waals surface area contributed by atoms with Crippen molar-refractivity contribution < 1.29 is 28.6 Å². The van der Waals surface area contributed by atoms with E-state index in [1.54, 1.807) is 24.3 Å². The summed E-state index contributed by atoms with van der Waals surface area (Å²) in [5.41, 5.74) is 0.621. The fourth-order valence-corrected chi connectivity index (χ4v) is 2.07. The number of rotatable bonds is 9. The van der Waals surface area contributed by atoms with E-state index < -0.39 is 5.97 Å². The molecule has 1 aromatic heterocycles. The van der Waals surface area contributed by atoms with Crippen LogP contribution in [0.1, 0.15) is 46.4 Å². The van der Waals surface area contributed by atoms with Crippen LogP contribution >= 0.6 is 0 Å². The van der Waals surface area contributed by atoms with Gasteiger partial charge in [-0.25, -0.2) is 4.79 Å². The molecule has 0 saturated carbocycles. The fraction of sp³-hybridized carbons (Fsp3) is 0.278. The average molecular weight is 345 g/mol. The first-order chi connectivity index (χ1) is 12.0. The summed E-state index contributed by atoms with van der Waals surface area (Å²) in [5.74, 6) is -0.465. The number of ketones is 1.